The van der Waals surface area contributed by atoms with Crippen molar-refractivity contribution in [3.8, 4) is 5.75 Å². The average molecular weight is 295 g/mol. The van der Waals surface area contributed by atoms with E-state index in [1.54, 1.807) is 23.1 Å². The second-order valence-electron chi connectivity index (χ2n) is 4.35. The fourth-order valence-corrected chi connectivity index (χ4v) is 2.12. The number of benzene rings is 1. The number of halogens is 1. The number of nitrogens with one attached hydrogen (secondary N) is 1. The normalized spacial score (nSPS) is 14.1. The van der Waals surface area contributed by atoms with Crippen LogP contribution in [0.3, 0.4) is 0 Å². The zero-order valence-corrected chi connectivity index (χ0v) is 11.7. The van der Waals surface area contributed by atoms with E-state index < -0.39 is 0 Å². The maximum Gasteiger partial charge on any atom is 0.260 e. The zero-order valence-electron chi connectivity index (χ0n) is 10.9. The van der Waals surface area contributed by atoms with E-state index in [1.165, 1.54) is 6.08 Å². The standard InChI is InChI=1S/C14H15ClN2O3/c1-2-13(18)16-5-6-17-8-10-7-11(15)3-4-12(10)20-9-14(17)19/h2-4,7H,1,5-6,8-9H2,(H,16,18). The van der Waals surface area contributed by atoms with Crippen LogP contribution in [0.5, 0.6) is 5.75 Å². The minimum Gasteiger partial charge on any atom is -0.483 e. The number of hydrogen-bond donors (Lipinski definition) is 1. The van der Waals surface area contributed by atoms with Crippen LogP contribution >= 0.6 is 11.6 Å². The molecule has 5 nitrogen and oxygen atoms in total. The third-order valence-corrected chi connectivity index (χ3v) is 3.19. The van der Waals surface area contributed by atoms with Gasteiger partial charge < -0.3 is 15.0 Å². The summed E-state index contributed by atoms with van der Waals surface area (Å²) in [5, 5.41) is 3.24. The van der Waals surface area contributed by atoms with Crippen LogP contribution in [0, 0.1) is 0 Å². The monoisotopic (exact) mass is 294 g/mol. The Balaban J connectivity index is 2.03. The molecule has 2 rings (SSSR count). The van der Waals surface area contributed by atoms with Gasteiger partial charge in [-0.3, -0.25) is 9.59 Å². The molecule has 0 spiro atoms. The summed E-state index contributed by atoms with van der Waals surface area (Å²) in [6.45, 7) is 4.55. The number of fused-ring (bicyclic) bond motifs is 1. The van der Waals surface area contributed by atoms with Gasteiger partial charge in [0, 0.05) is 30.2 Å². The lowest BCUT2D eigenvalue weighted by Crippen LogP contribution is -2.38. The molecule has 0 unspecified atom stereocenters. The Labute approximate surface area is 122 Å². The number of hydrogen-bond acceptors (Lipinski definition) is 3. The summed E-state index contributed by atoms with van der Waals surface area (Å²) in [5.74, 6) is 0.289. The molecule has 0 aliphatic carbocycles. The van der Waals surface area contributed by atoms with Gasteiger partial charge in [-0.05, 0) is 24.3 Å². The lowest BCUT2D eigenvalue weighted by atomic mass is 10.2. The van der Waals surface area contributed by atoms with Gasteiger partial charge in [0.15, 0.2) is 6.61 Å². The van der Waals surface area contributed by atoms with Crippen LogP contribution in [-0.4, -0.2) is 36.4 Å². The average Bonchev–Trinajstić information content (AvgIpc) is 2.58. The van der Waals surface area contributed by atoms with E-state index in [9.17, 15) is 9.59 Å². The number of amides is 2. The molecular weight excluding hydrogens is 280 g/mol. The first-order valence-electron chi connectivity index (χ1n) is 6.19. The van der Waals surface area contributed by atoms with E-state index in [4.69, 9.17) is 16.3 Å². The molecule has 1 aliphatic rings. The molecule has 0 saturated carbocycles. The van der Waals surface area contributed by atoms with Crippen molar-refractivity contribution in [3.05, 3.63) is 41.4 Å². The van der Waals surface area contributed by atoms with Gasteiger partial charge in [-0.1, -0.05) is 18.2 Å². The van der Waals surface area contributed by atoms with Crippen molar-refractivity contribution in [3.63, 3.8) is 0 Å². The summed E-state index contributed by atoms with van der Waals surface area (Å²) in [4.78, 5) is 24.6. The quantitative estimate of drug-likeness (QED) is 0.853. The van der Waals surface area contributed by atoms with Crippen LogP contribution in [0.25, 0.3) is 0 Å². The maximum atomic E-state index is 11.9. The van der Waals surface area contributed by atoms with Gasteiger partial charge in [0.1, 0.15) is 5.75 Å². The molecule has 0 saturated heterocycles. The first kappa shape index (κ1) is 14.4. The highest BCUT2D eigenvalue weighted by Crippen LogP contribution is 2.26. The van der Waals surface area contributed by atoms with Crippen molar-refractivity contribution < 1.29 is 14.3 Å². The van der Waals surface area contributed by atoms with Crippen molar-refractivity contribution in [2.24, 2.45) is 0 Å². The highest BCUT2D eigenvalue weighted by molar-refractivity contribution is 6.30. The van der Waals surface area contributed by atoms with E-state index in [0.29, 0.717) is 30.4 Å². The molecule has 1 aromatic rings. The van der Waals surface area contributed by atoms with Crippen LogP contribution in [0.4, 0.5) is 0 Å². The smallest absolute Gasteiger partial charge is 0.260 e. The fourth-order valence-electron chi connectivity index (χ4n) is 1.93. The van der Waals surface area contributed by atoms with Crippen LogP contribution in [-0.2, 0) is 16.1 Å². The second-order valence-corrected chi connectivity index (χ2v) is 4.79. The molecule has 20 heavy (non-hydrogen) atoms. The van der Waals surface area contributed by atoms with Crippen LogP contribution in [0.15, 0.2) is 30.9 Å². The Morgan fingerprint density at radius 2 is 2.35 bits per heavy atom. The molecule has 0 fully saturated rings. The third-order valence-electron chi connectivity index (χ3n) is 2.95. The molecule has 1 N–H and O–H groups in total. The molecule has 106 valence electrons. The summed E-state index contributed by atoms with van der Waals surface area (Å²) in [5.41, 5.74) is 0.860. The van der Waals surface area contributed by atoms with Crippen LogP contribution < -0.4 is 10.1 Å². The van der Waals surface area contributed by atoms with Gasteiger partial charge in [0.25, 0.3) is 5.91 Å². The summed E-state index contributed by atoms with van der Waals surface area (Å²) in [7, 11) is 0. The van der Waals surface area contributed by atoms with Gasteiger partial charge in [-0.15, -0.1) is 0 Å². The van der Waals surface area contributed by atoms with Crippen molar-refractivity contribution in [2.75, 3.05) is 19.7 Å². The minimum absolute atomic E-state index is 0.00988. The summed E-state index contributed by atoms with van der Waals surface area (Å²) in [6, 6.07) is 5.27. The van der Waals surface area contributed by atoms with E-state index in [1.807, 2.05) is 0 Å². The number of rotatable bonds is 4. The fraction of sp³-hybridized carbons (Fsp3) is 0.286. The van der Waals surface area contributed by atoms with Crippen molar-refractivity contribution in [1.29, 1.82) is 0 Å². The van der Waals surface area contributed by atoms with E-state index in [2.05, 4.69) is 11.9 Å². The second kappa shape index (κ2) is 6.43. The number of ether oxygens (including phenoxy) is 1. The Morgan fingerprint density at radius 1 is 1.55 bits per heavy atom. The Bertz CT molecular complexity index is 545. The Morgan fingerprint density at radius 3 is 3.10 bits per heavy atom. The molecular formula is C14H15ClN2O3. The third kappa shape index (κ3) is 3.51. The van der Waals surface area contributed by atoms with Gasteiger partial charge in [-0.25, -0.2) is 0 Å². The lowest BCUT2D eigenvalue weighted by Gasteiger charge is -2.20. The first-order chi connectivity index (χ1) is 9.60. The van der Waals surface area contributed by atoms with Gasteiger partial charge >= 0.3 is 0 Å². The Hall–Kier alpha value is -2.01. The summed E-state index contributed by atoms with van der Waals surface area (Å²) in [6.07, 6.45) is 1.20. The van der Waals surface area contributed by atoms with E-state index in [-0.39, 0.29) is 18.4 Å². The molecule has 0 atom stereocenters. The molecule has 1 aromatic carbocycles. The Kier molecular flexibility index (Phi) is 4.63. The van der Waals surface area contributed by atoms with Crippen molar-refractivity contribution >= 4 is 23.4 Å². The zero-order chi connectivity index (χ0) is 14.5. The van der Waals surface area contributed by atoms with E-state index >= 15 is 0 Å². The molecule has 0 bridgehead atoms. The highest BCUT2D eigenvalue weighted by Gasteiger charge is 2.21. The van der Waals surface area contributed by atoms with E-state index in [0.717, 1.165) is 5.56 Å². The lowest BCUT2D eigenvalue weighted by molar-refractivity contribution is -0.133. The summed E-state index contributed by atoms with van der Waals surface area (Å²) < 4.78 is 5.44. The van der Waals surface area contributed by atoms with Gasteiger partial charge in [-0.2, -0.15) is 0 Å². The SMILES string of the molecule is C=CC(=O)NCCN1Cc2cc(Cl)ccc2OCC1=O. The van der Waals surface area contributed by atoms with Crippen molar-refractivity contribution in [2.45, 2.75) is 6.54 Å². The van der Waals surface area contributed by atoms with Crippen LogP contribution in [0.1, 0.15) is 5.56 Å². The maximum absolute atomic E-state index is 11.9. The van der Waals surface area contributed by atoms with Crippen molar-refractivity contribution in [1.82, 2.24) is 10.2 Å². The molecule has 0 radical (unpaired) electrons. The predicted molar refractivity (Wildman–Crippen MR) is 75.6 cm³/mol. The predicted octanol–water partition coefficient (Wildman–Crippen LogP) is 1.36. The van der Waals surface area contributed by atoms with Crippen LogP contribution in [0.2, 0.25) is 5.02 Å². The first-order valence-corrected chi connectivity index (χ1v) is 6.57. The molecule has 1 aliphatic heterocycles. The molecule has 6 heteroatoms. The molecule has 2 amide bonds. The minimum atomic E-state index is -0.257. The van der Waals surface area contributed by atoms with Gasteiger partial charge in [0.05, 0.1) is 0 Å². The van der Waals surface area contributed by atoms with Gasteiger partial charge in [0.2, 0.25) is 5.91 Å². The topological polar surface area (TPSA) is 58.6 Å². The number of carbonyl (C=O) groups excluding carboxylic acids is 2. The number of nitrogens with zero attached hydrogens (tertiary/aromatic N) is 1. The number of carbonyl (C=O) groups is 2. The summed E-state index contributed by atoms with van der Waals surface area (Å²) >= 11 is 5.95. The molecule has 1 heterocycles. The highest BCUT2D eigenvalue weighted by atomic mass is 35.5. The largest absolute Gasteiger partial charge is 0.483 e. The molecule has 0 aromatic heterocycles.